The normalized spacial score (nSPS) is 14.8. The Morgan fingerprint density at radius 1 is 1.32 bits per heavy atom. The quantitative estimate of drug-likeness (QED) is 0.762. The molecule has 25 heavy (non-hydrogen) atoms. The number of fused-ring (bicyclic) bond motifs is 1. The lowest BCUT2D eigenvalue weighted by molar-refractivity contribution is 0.122. The number of imidazole rings is 1. The van der Waals surface area contributed by atoms with Crippen molar-refractivity contribution in [2.45, 2.75) is 6.54 Å². The molecule has 0 atom stereocenters. The first-order valence-electron chi connectivity index (χ1n) is 8.15. The maximum Gasteiger partial charge on any atom is 0.280 e. The van der Waals surface area contributed by atoms with Gasteiger partial charge in [-0.05, 0) is 17.7 Å². The first kappa shape index (κ1) is 15.6. The second kappa shape index (κ2) is 6.56. The van der Waals surface area contributed by atoms with Gasteiger partial charge in [-0.1, -0.05) is 12.1 Å². The van der Waals surface area contributed by atoms with Crippen molar-refractivity contribution in [3.8, 4) is 5.75 Å². The average Bonchev–Trinajstić information content (AvgIpc) is 3.06. The van der Waals surface area contributed by atoms with Crippen LogP contribution in [-0.2, 0) is 11.3 Å². The third-order valence-corrected chi connectivity index (χ3v) is 4.26. The van der Waals surface area contributed by atoms with Gasteiger partial charge in [-0.15, -0.1) is 0 Å². The standard InChI is InChI=1S/C17H19N5O3/c1-24-13-4-2-3-12(9-13)10-22-11-18-14-15(22)19-17(20-16(14)23)21-5-7-25-8-6-21/h2-4,9,11H,5-8,10H2,1H3,(H,19,20,23). The number of aromatic amines is 1. The first-order chi connectivity index (χ1) is 12.2. The van der Waals surface area contributed by atoms with E-state index in [1.54, 1.807) is 13.4 Å². The minimum Gasteiger partial charge on any atom is -0.497 e. The Balaban J connectivity index is 1.71. The fourth-order valence-corrected chi connectivity index (χ4v) is 2.95. The Morgan fingerprint density at radius 2 is 2.16 bits per heavy atom. The summed E-state index contributed by atoms with van der Waals surface area (Å²) < 4.78 is 12.5. The van der Waals surface area contributed by atoms with Crippen LogP contribution < -0.4 is 15.2 Å². The molecule has 8 nitrogen and oxygen atoms in total. The van der Waals surface area contributed by atoms with E-state index in [0.29, 0.717) is 50.0 Å². The van der Waals surface area contributed by atoms with Crippen LogP contribution in [0.25, 0.3) is 11.2 Å². The second-order valence-corrected chi connectivity index (χ2v) is 5.89. The Kier molecular flexibility index (Phi) is 4.10. The SMILES string of the molecule is COc1cccc(Cn2cnc3c(=O)[nH]c(N4CCOCC4)nc32)c1. The molecule has 0 spiro atoms. The summed E-state index contributed by atoms with van der Waals surface area (Å²) in [7, 11) is 1.64. The van der Waals surface area contributed by atoms with Gasteiger partial charge in [0.25, 0.3) is 5.56 Å². The third kappa shape index (κ3) is 3.08. The molecule has 1 aliphatic heterocycles. The van der Waals surface area contributed by atoms with Gasteiger partial charge in [0.1, 0.15) is 5.75 Å². The van der Waals surface area contributed by atoms with Crippen LogP contribution in [-0.4, -0.2) is 52.9 Å². The smallest absolute Gasteiger partial charge is 0.280 e. The first-order valence-corrected chi connectivity index (χ1v) is 8.15. The van der Waals surface area contributed by atoms with E-state index < -0.39 is 0 Å². The predicted molar refractivity (Wildman–Crippen MR) is 93.3 cm³/mol. The van der Waals surface area contributed by atoms with Crippen LogP contribution in [0.1, 0.15) is 5.56 Å². The van der Waals surface area contributed by atoms with Crippen LogP contribution in [0.15, 0.2) is 35.4 Å². The molecular weight excluding hydrogens is 322 g/mol. The van der Waals surface area contributed by atoms with E-state index in [1.165, 1.54) is 0 Å². The molecule has 4 rings (SSSR count). The maximum atomic E-state index is 12.4. The molecule has 3 heterocycles. The van der Waals surface area contributed by atoms with Crippen molar-refractivity contribution >= 4 is 17.1 Å². The number of methoxy groups -OCH3 is 1. The number of nitrogens with one attached hydrogen (secondary N) is 1. The Labute approximate surface area is 144 Å². The van der Waals surface area contributed by atoms with Crippen molar-refractivity contribution in [3.05, 3.63) is 46.5 Å². The van der Waals surface area contributed by atoms with Crippen LogP contribution in [0.2, 0.25) is 0 Å². The summed E-state index contributed by atoms with van der Waals surface area (Å²) in [6.07, 6.45) is 1.65. The van der Waals surface area contributed by atoms with E-state index in [1.807, 2.05) is 33.7 Å². The van der Waals surface area contributed by atoms with Gasteiger partial charge >= 0.3 is 0 Å². The molecule has 0 unspecified atom stereocenters. The number of nitrogens with zero attached hydrogens (tertiary/aromatic N) is 4. The van der Waals surface area contributed by atoms with Gasteiger partial charge in [0.15, 0.2) is 11.2 Å². The van der Waals surface area contributed by atoms with Gasteiger partial charge in [0.05, 0.1) is 33.2 Å². The molecule has 1 fully saturated rings. The minimum atomic E-state index is -0.226. The summed E-state index contributed by atoms with van der Waals surface area (Å²) in [5.74, 6) is 1.36. The molecule has 1 aliphatic rings. The van der Waals surface area contributed by atoms with Crippen molar-refractivity contribution < 1.29 is 9.47 Å². The average molecular weight is 341 g/mol. The van der Waals surface area contributed by atoms with Gasteiger partial charge in [-0.2, -0.15) is 4.98 Å². The van der Waals surface area contributed by atoms with Gasteiger partial charge < -0.3 is 18.9 Å². The molecule has 3 aromatic rings. The Hall–Kier alpha value is -2.87. The van der Waals surface area contributed by atoms with Crippen LogP contribution in [0.4, 0.5) is 5.95 Å². The summed E-state index contributed by atoms with van der Waals surface area (Å²) in [5.41, 5.74) is 1.75. The molecule has 8 heteroatoms. The fourth-order valence-electron chi connectivity index (χ4n) is 2.95. The molecule has 0 saturated carbocycles. The number of morpholine rings is 1. The van der Waals surface area contributed by atoms with Crippen molar-refractivity contribution in [3.63, 3.8) is 0 Å². The highest BCUT2D eigenvalue weighted by molar-refractivity contribution is 5.71. The Morgan fingerprint density at radius 3 is 2.96 bits per heavy atom. The van der Waals surface area contributed by atoms with E-state index in [-0.39, 0.29) is 5.56 Å². The van der Waals surface area contributed by atoms with E-state index in [9.17, 15) is 4.79 Å². The molecule has 0 amide bonds. The number of benzene rings is 1. The van der Waals surface area contributed by atoms with Crippen molar-refractivity contribution in [2.75, 3.05) is 38.3 Å². The zero-order chi connectivity index (χ0) is 17.2. The lowest BCUT2D eigenvalue weighted by Crippen LogP contribution is -2.38. The summed E-state index contributed by atoms with van der Waals surface area (Å²) in [6.45, 7) is 3.24. The van der Waals surface area contributed by atoms with Crippen molar-refractivity contribution in [2.24, 2.45) is 0 Å². The van der Waals surface area contributed by atoms with E-state index in [4.69, 9.17) is 9.47 Å². The minimum absolute atomic E-state index is 0.226. The maximum absolute atomic E-state index is 12.4. The number of H-pyrrole nitrogens is 1. The van der Waals surface area contributed by atoms with Crippen LogP contribution >= 0.6 is 0 Å². The molecule has 1 N–H and O–H groups in total. The Bertz CT molecular complexity index is 943. The highest BCUT2D eigenvalue weighted by atomic mass is 16.5. The van der Waals surface area contributed by atoms with Gasteiger partial charge in [0, 0.05) is 13.1 Å². The summed E-state index contributed by atoms with van der Waals surface area (Å²) in [6, 6.07) is 7.80. The van der Waals surface area contributed by atoms with Crippen LogP contribution in [0.5, 0.6) is 5.75 Å². The van der Waals surface area contributed by atoms with Gasteiger partial charge in [-0.25, -0.2) is 4.98 Å². The zero-order valence-corrected chi connectivity index (χ0v) is 13.9. The molecule has 1 saturated heterocycles. The van der Waals surface area contributed by atoms with E-state index in [2.05, 4.69) is 15.0 Å². The topological polar surface area (TPSA) is 85.3 Å². The van der Waals surface area contributed by atoms with Gasteiger partial charge in [-0.3, -0.25) is 9.78 Å². The number of hydrogen-bond acceptors (Lipinski definition) is 6. The lowest BCUT2D eigenvalue weighted by atomic mass is 10.2. The van der Waals surface area contributed by atoms with Crippen molar-refractivity contribution in [1.82, 2.24) is 19.5 Å². The monoisotopic (exact) mass is 341 g/mol. The molecule has 0 bridgehead atoms. The lowest BCUT2D eigenvalue weighted by Gasteiger charge is -2.27. The fraction of sp³-hybridized carbons (Fsp3) is 0.353. The van der Waals surface area contributed by atoms with Gasteiger partial charge in [0.2, 0.25) is 5.95 Å². The van der Waals surface area contributed by atoms with E-state index >= 15 is 0 Å². The van der Waals surface area contributed by atoms with Crippen LogP contribution in [0, 0.1) is 0 Å². The van der Waals surface area contributed by atoms with Crippen molar-refractivity contribution in [1.29, 1.82) is 0 Å². The molecule has 2 aromatic heterocycles. The zero-order valence-electron chi connectivity index (χ0n) is 13.9. The molecule has 130 valence electrons. The number of hydrogen-bond donors (Lipinski definition) is 1. The summed E-state index contributed by atoms with van der Waals surface area (Å²) in [5, 5.41) is 0. The van der Waals surface area contributed by atoms with E-state index in [0.717, 1.165) is 11.3 Å². The molecule has 0 radical (unpaired) electrons. The molecular formula is C17H19N5O3. The predicted octanol–water partition coefficient (Wildman–Crippen LogP) is 1.01. The molecule has 0 aliphatic carbocycles. The summed E-state index contributed by atoms with van der Waals surface area (Å²) in [4.78, 5) is 26.1. The third-order valence-electron chi connectivity index (χ3n) is 4.26. The number of anilines is 1. The number of aromatic nitrogens is 4. The largest absolute Gasteiger partial charge is 0.497 e. The second-order valence-electron chi connectivity index (χ2n) is 5.89. The number of ether oxygens (including phenoxy) is 2. The number of rotatable bonds is 4. The highest BCUT2D eigenvalue weighted by Gasteiger charge is 2.17. The highest BCUT2D eigenvalue weighted by Crippen LogP contribution is 2.17. The van der Waals surface area contributed by atoms with Crippen LogP contribution in [0.3, 0.4) is 0 Å². The summed E-state index contributed by atoms with van der Waals surface area (Å²) >= 11 is 0. The molecule has 1 aromatic carbocycles.